The summed E-state index contributed by atoms with van der Waals surface area (Å²) in [6.45, 7) is 10.2. The number of nitrogens with zero attached hydrogens (tertiary/aromatic N) is 3. The van der Waals surface area contributed by atoms with E-state index in [1.54, 1.807) is 0 Å². The SMILES string of the molecule is CCN(Cc1nnc(C(C)(C)C)o1)C1CCC(N)CC1. The summed E-state index contributed by atoms with van der Waals surface area (Å²) in [4.78, 5) is 2.44. The Morgan fingerprint density at radius 2 is 1.85 bits per heavy atom. The predicted octanol–water partition coefficient (Wildman–Crippen LogP) is 2.46. The third-order valence-corrected chi connectivity index (χ3v) is 4.11. The van der Waals surface area contributed by atoms with Gasteiger partial charge in [-0.15, -0.1) is 10.2 Å². The maximum atomic E-state index is 5.98. The molecule has 0 saturated heterocycles. The van der Waals surface area contributed by atoms with Gasteiger partial charge in [-0.1, -0.05) is 27.7 Å². The fraction of sp³-hybridized carbons (Fsp3) is 0.867. The molecule has 0 unspecified atom stereocenters. The predicted molar refractivity (Wildman–Crippen MR) is 79.3 cm³/mol. The van der Waals surface area contributed by atoms with E-state index in [1.165, 1.54) is 12.8 Å². The van der Waals surface area contributed by atoms with Crippen LogP contribution in [0.5, 0.6) is 0 Å². The van der Waals surface area contributed by atoms with Crippen LogP contribution < -0.4 is 5.73 Å². The van der Waals surface area contributed by atoms with Gasteiger partial charge >= 0.3 is 0 Å². The molecule has 0 aliphatic heterocycles. The number of hydrogen-bond donors (Lipinski definition) is 1. The Balaban J connectivity index is 1.98. The molecule has 1 fully saturated rings. The molecule has 114 valence electrons. The van der Waals surface area contributed by atoms with E-state index in [0.29, 0.717) is 18.0 Å². The van der Waals surface area contributed by atoms with E-state index in [2.05, 4.69) is 42.8 Å². The van der Waals surface area contributed by atoms with E-state index >= 15 is 0 Å². The second-order valence-corrected chi connectivity index (χ2v) is 6.88. The lowest BCUT2D eigenvalue weighted by molar-refractivity contribution is 0.135. The molecular weight excluding hydrogens is 252 g/mol. The van der Waals surface area contributed by atoms with Crippen molar-refractivity contribution in [3.63, 3.8) is 0 Å². The Bertz CT molecular complexity index is 416. The van der Waals surface area contributed by atoms with Crippen molar-refractivity contribution < 1.29 is 4.42 Å². The number of hydrogen-bond acceptors (Lipinski definition) is 5. The first kappa shape index (κ1) is 15.4. The maximum Gasteiger partial charge on any atom is 0.230 e. The van der Waals surface area contributed by atoms with E-state index in [-0.39, 0.29) is 5.41 Å². The third-order valence-electron chi connectivity index (χ3n) is 4.11. The zero-order valence-corrected chi connectivity index (χ0v) is 13.2. The zero-order chi connectivity index (χ0) is 14.8. The highest BCUT2D eigenvalue weighted by atomic mass is 16.4. The second kappa shape index (κ2) is 6.22. The second-order valence-electron chi connectivity index (χ2n) is 6.88. The molecule has 5 heteroatoms. The van der Waals surface area contributed by atoms with Crippen molar-refractivity contribution in [2.24, 2.45) is 5.73 Å². The van der Waals surface area contributed by atoms with Crippen molar-refractivity contribution in [3.05, 3.63) is 11.8 Å². The van der Waals surface area contributed by atoms with Crippen LogP contribution >= 0.6 is 0 Å². The van der Waals surface area contributed by atoms with E-state index < -0.39 is 0 Å². The van der Waals surface area contributed by atoms with Crippen LogP contribution in [0.25, 0.3) is 0 Å². The van der Waals surface area contributed by atoms with Gasteiger partial charge < -0.3 is 10.2 Å². The number of nitrogens with two attached hydrogens (primary N) is 1. The molecule has 1 saturated carbocycles. The van der Waals surface area contributed by atoms with Gasteiger partial charge in [0.15, 0.2) is 0 Å². The fourth-order valence-electron chi connectivity index (χ4n) is 2.76. The summed E-state index contributed by atoms with van der Waals surface area (Å²) in [5, 5.41) is 8.37. The van der Waals surface area contributed by atoms with Gasteiger partial charge in [-0.3, -0.25) is 4.90 Å². The molecule has 0 bridgehead atoms. The molecule has 0 atom stereocenters. The summed E-state index contributed by atoms with van der Waals surface area (Å²) in [6.07, 6.45) is 4.60. The molecule has 0 aromatic carbocycles. The van der Waals surface area contributed by atoms with Crippen molar-refractivity contribution >= 4 is 0 Å². The Morgan fingerprint density at radius 3 is 2.35 bits per heavy atom. The molecule has 1 aromatic rings. The lowest BCUT2D eigenvalue weighted by Gasteiger charge is -2.34. The minimum atomic E-state index is -0.0834. The van der Waals surface area contributed by atoms with Gasteiger partial charge in [-0.2, -0.15) is 0 Å². The molecular formula is C15H28N4O. The summed E-state index contributed by atoms with van der Waals surface area (Å²) in [5.41, 5.74) is 5.90. The lowest BCUT2D eigenvalue weighted by atomic mass is 9.91. The average Bonchev–Trinajstić information content (AvgIpc) is 2.85. The maximum absolute atomic E-state index is 5.98. The van der Waals surface area contributed by atoms with E-state index in [1.807, 2.05) is 0 Å². The molecule has 5 nitrogen and oxygen atoms in total. The van der Waals surface area contributed by atoms with Crippen molar-refractivity contribution in [2.45, 2.75) is 77.4 Å². The summed E-state index contributed by atoms with van der Waals surface area (Å²) in [6, 6.07) is 0.991. The Kier molecular flexibility index (Phi) is 4.81. The van der Waals surface area contributed by atoms with Crippen LogP contribution in [0.1, 0.15) is 65.2 Å². The number of rotatable bonds is 4. The summed E-state index contributed by atoms with van der Waals surface area (Å²) in [5.74, 6) is 1.45. The molecule has 0 radical (unpaired) electrons. The monoisotopic (exact) mass is 280 g/mol. The van der Waals surface area contributed by atoms with E-state index in [9.17, 15) is 0 Å². The molecule has 1 aliphatic rings. The molecule has 1 aliphatic carbocycles. The Labute approximate surface area is 121 Å². The molecule has 0 spiro atoms. The standard InChI is InChI=1S/C15H28N4O/c1-5-19(12-8-6-11(16)7-9-12)10-13-17-18-14(20-13)15(2,3)4/h11-12H,5-10,16H2,1-4H3. The van der Waals surface area contributed by atoms with Crippen LogP contribution in [0, 0.1) is 0 Å². The van der Waals surface area contributed by atoms with Crippen molar-refractivity contribution in [3.8, 4) is 0 Å². The molecule has 2 N–H and O–H groups in total. The molecule has 20 heavy (non-hydrogen) atoms. The minimum Gasteiger partial charge on any atom is -0.423 e. The normalized spacial score (nSPS) is 24.3. The van der Waals surface area contributed by atoms with Gasteiger partial charge in [0, 0.05) is 17.5 Å². The molecule has 0 amide bonds. The Hall–Kier alpha value is -0.940. The van der Waals surface area contributed by atoms with Crippen LogP contribution in [0.4, 0.5) is 0 Å². The van der Waals surface area contributed by atoms with Crippen molar-refractivity contribution in [2.75, 3.05) is 6.54 Å². The zero-order valence-electron chi connectivity index (χ0n) is 13.2. The highest BCUT2D eigenvalue weighted by molar-refractivity contribution is 4.96. The molecule has 1 aromatic heterocycles. The van der Waals surface area contributed by atoms with Gasteiger partial charge in [0.25, 0.3) is 0 Å². The third kappa shape index (κ3) is 3.79. The van der Waals surface area contributed by atoms with Gasteiger partial charge in [0.05, 0.1) is 6.54 Å². The van der Waals surface area contributed by atoms with Gasteiger partial charge in [0.2, 0.25) is 11.8 Å². The molecule has 1 heterocycles. The van der Waals surface area contributed by atoms with E-state index in [0.717, 1.165) is 31.8 Å². The highest BCUT2D eigenvalue weighted by Gasteiger charge is 2.26. The summed E-state index contributed by atoms with van der Waals surface area (Å²) >= 11 is 0. The smallest absolute Gasteiger partial charge is 0.230 e. The van der Waals surface area contributed by atoms with Crippen LogP contribution in [0.15, 0.2) is 4.42 Å². The van der Waals surface area contributed by atoms with Crippen LogP contribution in [0.3, 0.4) is 0 Å². The lowest BCUT2D eigenvalue weighted by Crippen LogP contribution is -2.40. The van der Waals surface area contributed by atoms with Gasteiger partial charge in [0.1, 0.15) is 0 Å². The van der Waals surface area contributed by atoms with Gasteiger partial charge in [-0.05, 0) is 32.2 Å². The fourth-order valence-corrected chi connectivity index (χ4v) is 2.76. The largest absolute Gasteiger partial charge is 0.423 e. The van der Waals surface area contributed by atoms with Crippen molar-refractivity contribution in [1.82, 2.24) is 15.1 Å². The summed E-state index contributed by atoms with van der Waals surface area (Å²) < 4.78 is 5.80. The van der Waals surface area contributed by atoms with Crippen LogP contribution in [0.2, 0.25) is 0 Å². The first-order valence-corrected chi connectivity index (χ1v) is 7.72. The minimum absolute atomic E-state index is 0.0834. The highest BCUT2D eigenvalue weighted by Crippen LogP contribution is 2.25. The molecule has 2 rings (SSSR count). The average molecular weight is 280 g/mol. The number of aromatic nitrogens is 2. The Morgan fingerprint density at radius 1 is 1.20 bits per heavy atom. The van der Waals surface area contributed by atoms with Crippen LogP contribution in [-0.4, -0.2) is 33.7 Å². The quantitative estimate of drug-likeness (QED) is 0.917. The topological polar surface area (TPSA) is 68.2 Å². The first-order chi connectivity index (χ1) is 9.40. The van der Waals surface area contributed by atoms with E-state index in [4.69, 9.17) is 10.2 Å². The summed E-state index contributed by atoms with van der Waals surface area (Å²) in [7, 11) is 0. The van der Waals surface area contributed by atoms with Gasteiger partial charge in [-0.25, -0.2) is 0 Å². The van der Waals surface area contributed by atoms with Crippen molar-refractivity contribution in [1.29, 1.82) is 0 Å². The first-order valence-electron chi connectivity index (χ1n) is 7.72. The van der Waals surface area contributed by atoms with Crippen LogP contribution in [-0.2, 0) is 12.0 Å².